The van der Waals surface area contributed by atoms with Crippen LogP contribution in [0.5, 0.6) is 5.75 Å². The maximum absolute atomic E-state index is 12.3. The molecule has 30 heavy (non-hydrogen) atoms. The van der Waals surface area contributed by atoms with Crippen molar-refractivity contribution in [2.24, 2.45) is 5.92 Å². The lowest BCUT2D eigenvalue weighted by atomic mass is 9.56. The van der Waals surface area contributed by atoms with E-state index in [0.717, 1.165) is 51.2 Å². The molecule has 2 aromatic carbocycles. The van der Waals surface area contributed by atoms with Crippen LogP contribution in [0.15, 0.2) is 48.5 Å². The summed E-state index contributed by atoms with van der Waals surface area (Å²) < 4.78 is 0. The molecular formula is C26H32N2O2. The van der Waals surface area contributed by atoms with Crippen molar-refractivity contribution in [2.75, 3.05) is 13.1 Å². The van der Waals surface area contributed by atoms with Gasteiger partial charge in [-0.15, -0.1) is 0 Å². The van der Waals surface area contributed by atoms with Gasteiger partial charge in [0.1, 0.15) is 5.75 Å². The zero-order chi connectivity index (χ0) is 20.3. The first-order chi connectivity index (χ1) is 14.6. The molecule has 3 N–H and O–H groups in total. The summed E-state index contributed by atoms with van der Waals surface area (Å²) in [5.41, 5.74) is 2.84. The molecule has 0 aromatic heterocycles. The maximum atomic E-state index is 12.3. The number of aromatic hydroxyl groups is 1. The fourth-order valence-corrected chi connectivity index (χ4v) is 6.83. The van der Waals surface area contributed by atoms with Gasteiger partial charge in [0.15, 0.2) is 0 Å². The minimum atomic E-state index is -0.727. The Hall–Kier alpha value is -1.88. The van der Waals surface area contributed by atoms with Crippen LogP contribution >= 0.6 is 0 Å². The molecular weight excluding hydrogens is 372 g/mol. The van der Waals surface area contributed by atoms with Crippen molar-refractivity contribution in [2.45, 2.75) is 68.2 Å². The zero-order valence-corrected chi connectivity index (χ0v) is 17.6. The number of hydrogen-bond acceptors (Lipinski definition) is 4. The van der Waals surface area contributed by atoms with Gasteiger partial charge in [0, 0.05) is 30.6 Å². The molecule has 0 unspecified atom stereocenters. The number of benzene rings is 2. The lowest BCUT2D eigenvalue weighted by Crippen LogP contribution is -2.69. The van der Waals surface area contributed by atoms with Crippen LogP contribution in [0, 0.1) is 5.92 Å². The topological polar surface area (TPSA) is 55.7 Å². The third kappa shape index (κ3) is 2.84. The molecule has 0 radical (unpaired) electrons. The second-order valence-corrected chi connectivity index (χ2v) is 10.2. The molecule has 0 amide bonds. The lowest BCUT2D eigenvalue weighted by molar-refractivity contribution is -0.131. The van der Waals surface area contributed by atoms with Crippen molar-refractivity contribution < 1.29 is 10.2 Å². The minimum absolute atomic E-state index is 0.187. The van der Waals surface area contributed by atoms with Crippen LogP contribution < -0.4 is 5.32 Å². The molecule has 2 saturated carbocycles. The highest BCUT2D eigenvalue weighted by atomic mass is 16.3. The first-order valence-electron chi connectivity index (χ1n) is 11.6. The fourth-order valence-electron chi connectivity index (χ4n) is 6.83. The number of fused-ring (bicyclic) bond motifs is 1. The highest BCUT2D eigenvalue weighted by Gasteiger charge is 2.67. The number of hydrogen-bond donors (Lipinski definition) is 3. The number of likely N-dealkylation sites (tertiary alicyclic amines) is 1. The summed E-state index contributed by atoms with van der Waals surface area (Å²) in [4.78, 5) is 2.60. The number of piperidine rings is 1. The second-order valence-electron chi connectivity index (χ2n) is 10.2. The average Bonchev–Trinajstić information content (AvgIpc) is 3.50. The van der Waals surface area contributed by atoms with Crippen LogP contribution in [0.4, 0.5) is 0 Å². The summed E-state index contributed by atoms with van der Waals surface area (Å²) in [6.07, 6.45) is 6.30. The van der Waals surface area contributed by atoms with Crippen molar-refractivity contribution in [3.8, 4) is 5.75 Å². The first kappa shape index (κ1) is 18.9. The average molecular weight is 405 g/mol. The van der Waals surface area contributed by atoms with Crippen LogP contribution in [0.3, 0.4) is 0 Å². The lowest BCUT2D eigenvalue weighted by Gasteiger charge is -2.59. The number of phenols is 1. The monoisotopic (exact) mass is 404 g/mol. The van der Waals surface area contributed by atoms with Crippen molar-refractivity contribution in [3.05, 3.63) is 65.2 Å². The molecule has 6 rings (SSSR count). The Kier molecular flexibility index (Phi) is 4.28. The van der Waals surface area contributed by atoms with Gasteiger partial charge in [-0.3, -0.25) is 4.90 Å². The van der Waals surface area contributed by atoms with E-state index in [4.69, 9.17) is 0 Å². The third-order valence-electron chi connectivity index (χ3n) is 8.45. The third-order valence-corrected chi connectivity index (χ3v) is 8.45. The van der Waals surface area contributed by atoms with Gasteiger partial charge >= 0.3 is 0 Å². The number of nitrogens with zero attached hydrogens (tertiary/aromatic N) is 1. The second kappa shape index (κ2) is 6.81. The highest BCUT2D eigenvalue weighted by Crippen LogP contribution is 2.60. The summed E-state index contributed by atoms with van der Waals surface area (Å²) in [5, 5.41) is 26.4. The van der Waals surface area contributed by atoms with Gasteiger partial charge in [-0.25, -0.2) is 0 Å². The van der Waals surface area contributed by atoms with Gasteiger partial charge in [0.05, 0.1) is 5.60 Å². The molecule has 4 atom stereocenters. The van der Waals surface area contributed by atoms with Gasteiger partial charge in [-0.05, 0) is 79.8 Å². The van der Waals surface area contributed by atoms with Crippen molar-refractivity contribution >= 4 is 0 Å². The molecule has 3 aliphatic carbocycles. The smallest absolute Gasteiger partial charge is 0.115 e. The molecule has 158 valence electrons. The SMILES string of the molecule is Oc1ccc2c(c1)[C@@]13CCN(CC4CC4)[C@H](C2)[C@]1(O)C[C@H](NCc1ccccc1)C3. The minimum Gasteiger partial charge on any atom is -0.508 e. The van der Waals surface area contributed by atoms with E-state index in [-0.39, 0.29) is 17.5 Å². The Labute approximate surface area is 178 Å². The predicted molar refractivity (Wildman–Crippen MR) is 117 cm³/mol. The van der Waals surface area contributed by atoms with Crippen LogP contribution in [-0.2, 0) is 18.4 Å². The molecule has 4 nitrogen and oxygen atoms in total. The summed E-state index contributed by atoms with van der Waals surface area (Å²) in [7, 11) is 0. The Balaban J connectivity index is 1.34. The molecule has 3 fully saturated rings. The summed E-state index contributed by atoms with van der Waals surface area (Å²) in [6, 6.07) is 16.9. The van der Waals surface area contributed by atoms with E-state index in [2.05, 4.69) is 46.6 Å². The molecule has 1 heterocycles. The number of nitrogens with one attached hydrogen (secondary N) is 1. The van der Waals surface area contributed by atoms with Crippen molar-refractivity contribution in [1.82, 2.24) is 10.2 Å². The van der Waals surface area contributed by atoms with Gasteiger partial charge in [0.25, 0.3) is 0 Å². The van der Waals surface area contributed by atoms with E-state index in [1.807, 2.05) is 12.1 Å². The summed E-state index contributed by atoms with van der Waals surface area (Å²) >= 11 is 0. The summed E-state index contributed by atoms with van der Waals surface area (Å²) in [5.74, 6) is 1.15. The van der Waals surface area contributed by atoms with E-state index < -0.39 is 5.60 Å². The van der Waals surface area contributed by atoms with E-state index in [9.17, 15) is 10.2 Å². The van der Waals surface area contributed by atoms with Crippen LogP contribution in [-0.4, -0.2) is 45.9 Å². The van der Waals surface area contributed by atoms with E-state index in [1.54, 1.807) is 0 Å². The van der Waals surface area contributed by atoms with Crippen molar-refractivity contribution in [3.63, 3.8) is 0 Å². The summed E-state index contributed by atoms with van der Waals surface area (Å²) in [6.45, 7) is 3.03. The molecule has 4 aliphatic rings. The molecule has 1 aliphatic heterocycles. The van der Waals surface area contributed by atoms with E-state index in [0.29, 0.717) is 5.75 Å². The Morgan fingerprint density at radius 1 is 1.07 bits per heavy atom. The fraction of sp³-hybridized carbons (Fsp3) is 0.538. The molecule has 1 saturated heterocycles. The Bertz CT molecular complexity index is 943. The van der Waals surface area contributed by atoms with Crippen LogP contribution in [0.1, 0.15) is 48.8 Å². The largest absolute Gasteiger partial charge is 0.508 e. The molecule has 2 bridgehead atoms. The normalized spacial score (nSPS) is 35.1. The molecule has 4 heteroatoms. The highest BCUT2D eigenvalue weighted by molar-refractivity contribution is 5.49. The number of rotatable bonds is 5. The Morgan fingerprint density at radius 2 is 1.90 bits per heavy atom. The zero-order valence-electron chi connectivity index (χ0n) is 17.6. The molecule has 0 spiro atoms. The standard InChI is InChI=1S/C26H32N2O2/c29-22-9-8-20-12-24-26(30)15-21(27-16-18-4-2-1-3-5-18)14-25(26,23(20)13-22)10-11-28(24)17-19-6-7-19/h1-5,8-9,13,19,21,24,27,29-30H,6-7,10-12,14-17H2/t21-,24-,25+,26-/m1/s1. The van der Waals surface area contributed by atoms with Gasteiger partial charge in [0.2, 0.25) is 0 Å². The van der Waals surface area contributed by atoms with E-state index in [1.165, 1.54) is 29.5 Å². The first-order valence-corrected chi connectivity index (χ1v) is 11.6. The van der Waals surface area contributed by atoms with Gasteiger partial charge < -0.3 is 15.5 Å². The number of aliphatic hydroxyl groups is 1. The number of phenolic OH excluding ortho intramolecular Hbond substituents is 1. The van der Waals surface area contributed by atoms with E-state index >= 15 is 0 Å². The van der Waals surface area contributed by atoms with Crippen LogP contribution in [0.25, 0.3) is 0 Å². The van der Waals surface area contributed by atoms with Crippen LogP contribution in [0.2, 0.25) is 0 Å². The molecule has 2 aromatic rings. The van der Waals surface area contributed by atoms with Gasteiger partial charge in [-0.1, -0.05) is 36.4 Å². The maximum Gasteiger partial charge on any atom is 0.115 e. The predicted octanol–water partition coefficient (Wildman–Crippen LogP) is 3.35. The van der Waals surface area contributed by atoms with Crippen molar-refractivity contribution in [1.29, 1.82) is 0 Å². The quantitative estimate of drug-likeness (QED) is 0.715. The Morgan fingerprint density at radius 3 is 2.70 bits per heavy atom. The van der Waals surface area contributed by atoms with Gasteiger partial charge in [-0.2, -0.15) is 0 Å².